The van der Waals surface area contributed by atoms with Crippen LogP contribution in [0, 0.1) is 0 Å². The van der Waals surface area contributed by atoms with Crippen molar-refractivity contribution in [2.24, 2.45) is 15.1 Å². The molecule has 3 aliphatic rings. The lowest BCUT2D eigenvalue weighted by Crippen LogP contribution is -2.34. The van der Waals surface area contributed by atoms with Crippen LogP contribution >= 0.6 is 12.2 Å². The second-order valence-corrected chi connectivity index (χ2v) is 12.2. The van der Waals surface area contributed by atoms with Crippen LogP contribution in [0.1, 0.15) is 16.8 Å². The third-order valence-electron chi connectivity index (χ3n) is 7.21. The Morgan fingerprint density at radius 3 is 2.49 bits per heavy atom. The fourth-order valence-electron chi connectivity index (χ4n) is 5.06. The number of pyridine rings is 1. The number of nitrogens with one attached hydrogen (secondary N) is 2. The van der Waals surface area contributed by atoms with E-state index in [-0.39, 0.29) is 15.7 Å². The van der Waals surface area contributed by atoms with E-state index >= 15 is 0 Å². The van der Waals surface area contributed by atoms with E-state index in [2.05, 4.69) is 20.6 Å². The Labute approximate surface area is 260 Å². The smallest absolute Gasteiger partial charge is 0.332 e. The lowest BCUT2D eigenvalue weighted by molar-refractivity contribution is -0.137. The molecule has 1 aromatic heterocycles. The standard InChI is InChI=1S/C31H23F3N6O3S2/c32-31(33,34)21-2-1-3-23(15-21)40-28(41)13-6-20-17-36-26-11-4-18(14-25(26)29(20)40)19-5-12-27(37-16-19)39-30(44)38-22-7-9-24(10-8-22)45(35,42)43/h1-15,17,26H,16H2,(H2,35,42,43)(H2,37,38,39,44). The largest absolute Gasteiger partial charge is 0.416 e. The van der Waals surface area contributed by atoms with Crippen LogP contribution in [0.2, 0.25) is 0 Å². The third-order valence-corrected chi connectivity index (χ3v) is 8.34. The highest BCUT2D eigenvalue weighted by Crippen LogP contribution is 2.36. The number of aliphatic imine (C=N–C) groups is 2. The number of halogens is 3. The maximum Gasteiger partial charge on any atom is 0.416 e. The van der Waals surface area contributed by atoms with Crippen LogP contribution < -0.4 is 21.3 Å². The minimum Gasteiger partial charge on any atom is -0.332 e. The molecule has 2 aliphatic heterocycles. The van der Waals surface area contributed by atoms with E-state index in [0.717, 1.165) is 23.3 Å². The number of hydrogen-bond donors (Lipinski definition) is 3. The predicted molar refractivity (Wildman–Crippen MR) is 171 cm³/mol. The first kappa shape index (κ1) is 30.1. The second kappa shape index (κ2) is 11.5. The molecule has 0 amide bonds. The van der Waals surface area contributed by atoms with Gasteiger partial charge < -0.3 is 10.6 Å². The quantitative estimate of drug-likeness (QED) is 0.359. The van der Waals surface area contributed by atoms with Gasteiger partial charge in [-0.15, -0.1) is 0 Å². The molecule has 0 radical (unpaired) electrons. The first-order chi connectivity index (χ1) is 21.4. The number of nitrogens with zero attached hydrogens (tertiary/aromatic N) is 3. The van der Waals surface area contributed by atoms with Crippen molar-refractivity contribution in [2.45, 2.75) is 17.1 Å². The molecule has 3 heterocycles. The molecule has 6 rings (SSSR count). The first-order valence-electron chi connectivity index (χ1n) is 13.4. The van der Waals surface area contributed by atoms with Gasteiger partial charge in [0, 0.05) is 34.8 Å². The maximum atomic E-state index is 13.5. The van der Waals surface area contributed by atoms with Gasteiger partial charge in [-0.3, -0.25) is 19.3 Å². The summed E-state index contributed by atoms with van der Waals surface area (Å²) in [5, 5.41) is 11.3. The van der Waals surface area contributed by atoms with E-state index < -0.39 is 33.4 Å². The number of amidine groups is 1. The molecule has 45 heavy (non-hydrogen) atoms. The Morgan fingerprint density at radius 1 is 1.02 bits per heavy atom. The molecule has 1 atom stereocenters. The number of allylic oxidation sites excluding steroid dienone is 3. The summed E-state index contributed by atoms with van der Waals surface area (Å²) >= 11 is 5.35. The van der Waals surface area contributed by atoms with E-state index in [4.69, 9.17) is 17.4 Å². The molecule has 4 N–H and O–H groups in total. The van der Waals surface area contributed by atoms with Gasteiger partial charge >= 0.3 is 6.18 Å². The zero-order valence-electron chi connectivity index (χ0n) is 23.1. The fraction of sp³-hybridized carbons (Fsp3) is 0.0968. The van der Waals surface area contributed by atoms with Crippen molar-refractivity contribution >= 4 is 50.7 Å². The van der Waals surface area contributed by atoms with Crippen molar-refractivity contribution in [3.05, 3.63) is 129 Å². The number of aromatic nitrogens is 1. The minimum absolute atomic E-state index is 0.0207. The average Bonchev–Trinajstić information content (AvgIpc) is 3.00. The Balaban J connectivity index is 1.25. The summed E-state index contributed by atoms with van der Waals surface area (Å²) in [6.45, 7) is 0.296. The normalized spacial score (nSPS) is 18.9. The monoisotopic (exact) mass is 648 g/mol. The number of anilines is 1. The summed E-state index contributed by atoms with van der Waals surface area (Å²) in [5.74, 6) is 0.495. The zero-order valence-corrected chi connectivity index (χ0v) is 24.7. The van der Waals surface area contributed by atoms with Gasteiger partial charge in [0.05, 0.1) is 28.7 Å². The van der Waals surface area contributed by atoms with Crippen LogP contribution in [0.25, 0.3) is 11.3 Å². The molecule has 14 heteroatoms. The number of nitrogens with two attached hydrogens (primary N) is 1. The lowest BCUT2D eigenvalue weighted by Gasteiger charge is -2.27. The SMILES string of the molecule is NS(=O)(=O)c1ccc(NC(=S)NC2=NCC(=C3C=CC4N=Cc5ccc(=O)n(-c6cccc(C(F)(F)F)c6)c5C4=C3)C=C2)cc1. The number of fused-ring (bicyclic) bond motifs is 3. The average molecular weight is 649 g/mol. The maximum absolute atomic E-state index is 13.5. The van der Waals surface area contributed by atoms with E-state index in [1.54, 1.807) is 18.4 Å². The molecule has 1 aliphatic carbocycles. The number of hydrogen-bond acceptors (Lipinski definition) is 6. The highest BCUT2D eigenvalue weighted by atomic mass is 32.2. The van der Waals surface area contributed by atoms with Crippen molar-refractivity contribution in [3.63, 3.8) is 0 Å². The molecule has 3 aromatic rings. The van der Waals surface area contributed by atoms with Crippen LogP contribution in [0.3, 0.4) is 0 Å². The predicted octanol–water partition coefficient (Wildman–Crippen LogP) is 4.51. The summed E-state index contributed by atoms with van der Waals surface area (Å²) in [6.07, 6.45) is 6.33. The van der Waals surface area contributed by atoms with E-state index in [0.29, 0.717) is 34.9 Å². The van der Waals surface area contributed by atoms with Crippen molar-refractivity contribution in [1.29, 1.82) is 0 Å². The van der Waals surface area contributed by atoms with Gasteiger partial charge in [0.25, 0.3) is 5.56 Å². The van der Waals surface area contributed by atoms with Crippen molar-refractivity contribution < 1.29 is 21.6 Å². The molecule has 1 unspecified atom stereocenters. The number of benzene rings is 2. The number of alkyl halides is 3. The number of rotatable bonds is 3. The molecule has 9 nitrogen and oxygen atoms in total. The van der Waals surface area contributed by atoms with Crippen molar-refractivity contribution in [1.82, 2.24) is 9.88 Å². The van der Waals surface area contributed by atoms with Crippen LogP contribution in [-0.4, -0.2) is 42.7 Å². The van der Waals surface area contributed by atoms with E-state index in [9.17, 15) is 26.4 Å². The van der Waals surface area contributed by atoms with Crippen LogP contribution in [0.4, 0.5) is 18.9 Å². The van der Waals surface area contributed by atoms with Gasteiger partial charge in [-0.05, 0) is 84.0 Å². The summed E-state index contributed by atoms with van der Waals surface area (Å²) in [6, 6.07) is 13.0. The van der Waals surface area contributed by atoms with Gasteiger partial charge in [-0.1, -0.05) is 24.3 Å². The minimum atomic E-state index is -4.56. The molecule has 0 saturated carbocycles. The Bertz CT molecular complexity index is 2090. The van der Waals surface area contributed by atoms with Crippen LogP contribution in [0.5, 0.6) is 0 Å². The first-order valence-corrected chi connectivity index (χ1v) is 15.4. The fourth-order valence-corrected chi connectivity index (χ4v) is 5.80. The van der Waals surface area contributed by atoms with E-state index in [1.807, 2.05) is 24.3 Å². The third kappa shape index (κ3) is 6.34. The molecule has 0 spiro atoms. The molecular formula is C31H23F3N6O3S2. The number of thiocarbonyl (C=S) groups is 1. The molecule has 0 fully saturated rings. The van der Waals surface area contributed by atoms with Crippen LogP contribution in [0.15, 0.2) is 122 Å². The van der Waals surface area contributed by atoms with Crippen LogP contribution in [-0.2, 0) is 16.2 Å². The van der Waals surface area contributed by atoms with Gasteiger partial charge in [0.2, 0.25) is 10.0 Å². The van der Waals surface area contributed by atoms with Gasteiger partial charge in [0.1, 0.15) is 5.84 Å². The number of sulfonamides is 1. The molecular weight excluding hydrogens is 626 g/mol. The zero-order chi connectivity index (χ0) is 31.9. The van der Waals surface area contributed by atoms with Crippen molar-refractivity contribution in [2.75, 3.05) is 11.9 Å². The van der Waals surface area contributed by atoms with Crippen molar-refractivity contribution in [3.8, 4) is 5.69 Å². The summed E-state index contributed by atoms with van der Waals surface area (Å²) in [7, 11) is -3.81. The number of dihydropyridines is 1. The Hall–Kier alpha value is -4.92. The Kier molecular flexibility index (Phi) is 7.72. The topological polar surface area (TPSA) is 131 Å². The number of primary sulfonamides is 1. The van der Waals surface area contributed by atoms with Gasteiger partial charge in [-0.25, -0.2) is 13.6 Å². The molecule has 0 saturated heterocycles. The van der Waals surface area contributed by atoms with E-state index in [1.165, 1.54) is 47.0 Å². The summed E-state index contributed by atoms with van der Waals surface area (Å²) in [5.41, 5.74) is 2.77. The highest BCUT2D eigenvalue weighted by molar-refractivity contribution is 7.89. The summed E-state index contributed by atoms with van der Waals surface area (Å²) in [4.78, 5) is 22.2. The van der Waals surface area contributed by atoms with Gasteiger partial charge in [-0.2, -0.15) is 13.2 Å². The molecule has 0 bridgehead atoms. The molecule has 228 valence electrons. The van der Waals surface area contributed by atoms with Gasteiger partial charge in [0.15, 0.2) is 5.11 Å². The summed E-state index contributed by atoms with van der Waals surface area (Å²) < 4.78 is 64.7. The second-order valence-electron chi connectivity index (χ2n) is 10.2. The lowest BCUT2D eigenvalue weighted by atomic mass is 9.88. The Morgan fingerprint density at radius 2 is 1.80 bits per heavy atom. The molecule has 2 aromatic carbocycles. The highest BCUT2D eigenvalue weighted by Gasteiger charge is 2.32.